The molecule has 1 heteroatoms. The molecule has 0 amide bonds. The summed E-state index contributed by atoms with van der Waals surface area (Å²) in [5.74, 6) is 4.06. The van der Waals surface area contributed by atoms with E-state index in [1.807, 2.05) is 0 Å². The van der Waals surface area contributed by atoms with E-state index in [0.717, 1.165) is 36.9 Å². The van der Waals surface area contributed by atoms with Gasteiger partial charge in [0.2, 0.25) is 0 Å². The molecule has 2 rings (SSSR count). The second-order valence-electron chi connectivity index (χ2n) is 8.07. The Hall–Kier alpha value is -0.0400. The van der Waals surface area contributed by atoms with Gasteiger partial charge in [-0.1, -0.05) is 51.9 Å². The maximum Gasteiger partial charge on any atom is 0.0494 e. The van der Waals surface area contributed by atoms with Gasteiger partial charge in [0.1, 0.15) is 0 Å². The largest absolute Gasteiger partial charge is 0.381 e. The average Bonchev–Trinajstić information content (AvgIpc) is 2.58. The molecule has 0 bridgehead atoms. The number of rotatable bonds is 9. The molecule has 0 spiro atoms. The Bertz CT molecular complexity index is 259. The van der Waals surface area contributed by atoms with Crippen LogP contribution >= 0.6 is 0 Å². The summed E-state index contributed by atoms with van der Waals surface area (Å²) in [5, 5.41) is 0. The molecule has 0 aromatic rings. The minimum atomic E-state index is 0.867. The zero-order valence-electron chi connectivity index (χ0n) is 15.3. The Balaban J connectivity index is 1.57. The number of hydrogen-bond donors (Lipinski definition) is 0. The summed E-state index contributed by atoms with van der Waals surface area (Å²) in [6.07, 6.45) is 19.3. The summed E-state index contributed by atoms with van der Waals surface area (Å²) in [7, 11) is 0. The smallest absolute Gasteiger partial charge is 0.0494 e. The van der Waals surface area contributed by atoms with Gasteiger partial charge in [0.25, 0.3) is 0 Å². The van der Waals surface area contributed by atoms with Gasteiger partial charge in [0, 0.05) is 13.2 Å². The minimum absolute atomic E-state index is 0.867. The van der Waals surface area contributed by atoms with Crippen molar-refractivity contribution in [3.8, 4) is 0 Å². The summed E-state index contributed by atoms with van der Waals surface area (Å²) >= 11 is 0. The summed E-state index contributed by atoms with van der Waals surface area (Å²) in [6, 6.07) is 0. The van der Waals surface area contributed by atoms with Crippen LogP contribution in [0.3, 0.4) is 0 Å². The zero-order valence-corrected chi connectivity index (χ0v) is 15.3. The lowest BCUT2D eigenvalue weighted by molar-refractivity contribution is 0.0710. The van der Waals surface area contributed by atoms with Gasteiger partial charge >= 0.3 is 0 Å². The second kappa shape index (κ2) is 10.7. The fourth-order valence-corrected chi connectivity index (χ4v) is 4.92. The lowest BCUT2D eigenvalue weighted by Crippen LogP contribution is -2.27. The predicted molar refractivity (Wildman–Crippen MR) is 96.1 cm³/mol. The monoisotopic (exact) mass is 308 g/mol. The van der Waals surface area contributed by atoms with Crippen molar-refractivity contribution in [3.05, 3.63) is 0 Å². The molecule has 130 valence electrons. The molecule has 2 aliphatic carbocycles. The van der Waals surface area contributed by atoms with Crippen LogP contribution in [-0.2, 0) is 4.74 Å². The van der Waals surface area contributed by atoms with E-state index >= 15 is 0 Å². The second-order valence-corrected chi connectivity index (χ2v) is 8.07. The highest BCUT2D eigenvalue weighted by Crippen LogP contribution is 2.42. The molecule has 0 saturated heterocycles. The Labute approximate surface area is 139 Å². The van der Waals surface area contributed by atoms with Crippen molar-refractivity contribution < 1.29 is 4.74 Å². The molecule has 0 unspecified atom stereocenters. The van der Waals surface area contributed by atoms with Gasteiger partial charge in [0.15, 0.2) is 0 Å². The Morgan fingerprint density at radius 1 is 0.682 bits per heavy atom. The topological polar surface area (TPSA) is 9.23 Å². The molecule has 0 heterocycles. The fraction of sp³-hybridized carbons (Fsp3) is 1.00. The number of ether oxygens (including phenoxy) is 1. The van der Waals surface area contributed by atoms with E-state index < -0.39 is 0 Å². The van der Waals surface area contributed by atoms with Crippen LogP contribution < -0.4 is 0 Å². The van der Waals surface area contributed by atoms with Crippen LogP contribution in [-0.4, -0.2) is 13.2 Å². The van der Waals surface area contributed by atoms with Gasteiger partial charge < -0.3 is 4.74 Å². The molecule has 2 fully saturated rings. The third-order valence-electron chi connectivity index (χ3n) is 6.47. The van der Waals surface area contributed by atoms with Crippen molar-refractivity contribution in [1.82, 2.24) is 0 Å². The van der Waals surface area contributed by atoms with Crippen LogP contribution in [0.4, 0.5) is 0 Å². The Morgan fingerprint density at radius 2 is 1.27 bits per heavy atom. The van der Waals surface area contributed by atoms with Gasteiger partial charge in [-0.25, -0.2) is 0 Å². The molecule has 22 heavy (non-hydrogen) atoms. The molecule has 0 aliphatic heterocycles. The van der Waals surface area contributed by atoms with Gasteiger partial charge in [-0.2, -0.15) is 0 Å². The van der Waals surface area contributed by atoms with E-state index in [4.69, 9.17) is 4.74 Å². The molecule has 2 aliphatic rings. The van der Waals surface area contributed by atoms with Crippen LogP contribution in [0.5, 0.6) is 0 Å². The van der Waals surface area contributed by atoms with Crippen LogP contribution in [0, 0.1) is 23.7 Å². The van der Waals surface area contributed by atoms with E-state index in [0.29, 0.717) is 0 Å². The number of hydrogen-bond acceptors (Lipinski definition) is 1. The van der Waals surface area contributed by atoms with Gasteiger partial charge in [-0.05, 0) is 69.1 Å². The van der Waals surface area contributed by atoms with Crippen LogP contribution in [0.2, 0.25) is 0 Å². The fourth-order valence-electron chi connectivity index (χ4n) is 4.92. The van der Waals surface area contributed by atoms with Crippen molar-refractivity contribution in [1.29, 1.82) is 0 Å². The summed E-state index contributed by atoms with van der Waals surface area (Å²) in [4.78, 5) is 0. The molecule has 0 atom stereocenters. The van der Waals surface area contributed by atoms with Crippen molar-refractivity contribution in [2.45, 2.75) is 97.3 Å². The van der Waals surface area contributed by atoms with Crippen LogP contribution in [0.1, 0.15) is 97.3 Å². The van der Waals surface area contributed by atoms with E-state index in [1.54, 1.807) is 12.8 Å². The first kappa shape index (κ1) is 18.3. The Kier molecular flexibility index (Phi) is 8.89. The van der Waals surface area contributed by atoms with Crippen LogP contribution in [0.15, 0.2) is 0 Å². The maximum atomic E-state index is 5.62. The molecule has 1 nitrogen and oxygen atoms in total. The first-order chi connectivity index (χ1) is 10.8. The lowest BCUT2D eigenvalue weighted by atomic mass is 9.69. The van der Waals surface area contributed by atoms with Crippen molar-refractivity contribution in [3.63, 3.8) is 0 Å². The zero-order chi connectivity index (χ0) is 15.6. The first-order valence-electron chi connectivity index (χ1n) is 10.4. The predicted octanol–water partition coefficient (Wildman–Crippen LogP) is 6.61. The van der Waals surface area contributed by atoms with Crippen LogP contribution in [0.25, 0.3) is 0 Å². The summed E-state index contributed by atoms with van der Waals surface area (Å²) in [5.41, 5.74) is 0. The van der Waals surface area contributed by atoms with Gasteiger partial charge in [-0.15, -0.1) is 0 Å². The molecule has 2 saturated carbocycles. The molecule has 0 aromatic heterocycles. The third kappa shape index (κ3) is 6.22. The number of unbranched alkanes of at least 4 members (excludes halogenated alkanes) is 3. The molecule has 0 aromatic carbocycles. The highest BCUT2D eigenvalue weighted by molar-refractivity contribution is 4.82. The maximum absolute atomic E-state index is 5.62. The van der Waals surface area contributed by atoms with E-state index in [-0.39, 0.29) is 0 Å². The van der Waals surface area contributed by atoms with E-state index in [2.05, 4.69) is 13.8 Å². The quantitative estimate of drug-likeness (QED) is 0.436. The molecule has 0 N–H and O–H groups in total. The minimum Gasteiger partial charge on any atom is -0.381 e. The highest BCUT2D eigenvalue weighted by atomic mass is 16.5. The van der Waals surface area contributed by atoms with E-state index in [9.17, 15) is 0 Å². The van der Waals surface area contributed by atoms with Crippen molar-refractivity contribution in [2.75, 3.05) is 13.2 Å². The van der Waals surface area contributed by atoms with Gasteiger partial charge in [-0.3, -0.25) is 0 Å². The summed E-state index contributed by atoms with van der Waals surface area (Å²) in [6.45, 7) is 6.34. The molecule has 0 radical (unpaired) electrons. The molecular formula is C21H40O. The Morgan fingerprint density at radius 3 is 1.82 bits per heavy atom. The average molecular weight is 309 g/mol. The van der Waals surface area contributed by atoms with Gasteiger partial charge in [0.05, 0.1) is 0 Å². The summed E-state index contributed by atoms with van der Waals surface area (Å²) < 4.78 is 5.62. The first-order valence-corrected chi connectivity index (χ1v) is 10.4. The van der Waals surface area contributed by atoms with E-state index in [1.165, 1.54) is 70.6 Å². The third-order valence-corrected chi connectivity index (χ3v) is 6.47. The SMILES string of the molecule is CCCCCC[C@H]1CC[C@H]([C@H]2CC[C@H](COCC)CC2)CC1. The standard InChI is InChI=1S/C21H40O/c1-3-5-6-7-8-18-9-13-20(14-10-18)21-15-11-19(12-16-21)17-22-4-2/h18-21H,3-17H2,1-2H3/t18-,19-,20-,21-. The highest BCUT2D eigenvalue weighted by Gasteiger charge is 2.30. The van der Waals surface area contributed by atoms with Crippen molar-refractivity contribution in [2.24, 2.45) is 23.7 Å². The van der Waals surface area contributed by atoms with Crippen molar-refractivity contribution >= 4 is 0 Å². The normalized spacial score (nSPS) is 33.0. The lowest BCUT2D eigenvalue weighted by Gasteiger charge is -2.38. The molecular weight excluding hydrogens is 268 g/mol.